The van der Waals surface area contributed by atoms with E-state index in [0.29, 0.717) is 11.4 Å². The topological polar surface area (TPSA) is 91.2 Å². The van der Waals surface area contributed by atoms with Crippen molar-refractivity contribution in [3.63, 3.8) is 0 Å². The number of ether oxygens (including phenoxy) is 2. The summed E-state index contributed by atoms with van der Waals surface area (Å²) >= 11 is 0. The Kier molecular flexibility index (Phi) is 5.20. The molecule has 1 amide bonds. The highest BCUT2D eigenvalue weighted by atomic mass is 16.5. The van der Waals surface area contributed by atoms with E-state index < -0.39 is 0 Å². The fraction of sp³-hybridized carbons (Fsp3) is 0.176. The number of hydrogen-bond acceptors (Lipinski definition) is 6. The third kappa shape index (κ3) is 4.54. The molecular formula is C17H17N5O3. The van der Waals surface area contributed by atoms with Crippen LogP contribution in [0.1, 0.15) is 5.69 Å². The van der Waals surface area contributed by atoms with E-state index in [4.69, 9.17) is 9.47 Å². The van der Waals surface area contributed by atoms with E-state index in [0.717, 1.165) is 11.4 Å². The van der Waals surface area contributed by atoms with Crippen LogP contribution in [0, 0.1) is 0 Å². The van der Waals surface area contributed by atoms with Crippen molar-refractivity contribution in [1.82, 2.24) is 25.3 Å². The third-order valence-corrected chi connectivity index (χ3v) is 3.35. The SMILES string of the molecule is COc1ccc(OCC(=O)NCc2cn(-c3cccnc3)nn2)cc1. The number of pyridine rings is 1. The number of hydrogen-bond donors (Lipinski definition) is 1. The number of carbonyl (C=O) groups excluding carboxylic acids is 1. The molecule has 8 nitrogen and oxygen atoms in total. The van der Waals surface area contributed by atoms with Gasteiger partial charge in [-0.1, -0.05) is 5.21 Å². The minimum Gasteiger partial charge on any atom is -0.497 e. The number of amides is 1. The normalized spacial score (nSPS) is 10.3. The largest absolute Gasteiger partial charge is 0.497 e. The minimum absolute atomic E-state index is 0.0803. The van der Waals surface area contributed by atoms with Gasteiger partial charge in [0.25, 0.3) is 5.91 Å². The van der Waals surface area contributed by atoms with E-state index in [2.05, 4.69) is 20.6 Å². The molecule has 0 aliphatic heterocycles. The molecule has 0 aliphatic carbocycles. The molecule has 2 heterocycles. The molecule has 3 aromatic rings. The van der Waals surface area contributed by atoms with E-state index in [1.807, 2.05) is 12.1 Å². The highest BCUT2D eigenvalue weighted by molar-refractivity contribution is 5.77. The molecule has 3 rings (SSSR count). The van der Waals surface area contributed by atoms with Crippen molar-refractivity contribution in [3.05, 3.63) is 60.7 Å². The minimum atomic E-state index is -0.244. The van der Waals surface area contributed by atoms with Crippen LogP contribution in [0.4, 0.5) is 0 Å². The fourth-order valence-electron chi connectivity index (χ4n) is 2.06. The van der Waals surface area contributed by atoms with Crippen molar-refractivity contribution in [3.8, 4) is 17.2 Å². The Labute approximate surface area is 144 Å². The maximum Gasteiger partial charge on any atom is 0.258 e. The van der Waals surface area contributed by atoms with E-state index in [-0.39, 0.29) is 19.1 Å². The average molecular weight is 339 g/mol. The second kappa shape index (κ2) is 7.91. The van der Waals surface area contributed by atoms with Crippen molar-refractivity contribution in [2.45, 2.75) is 6.54 Å². The second-order valence-electron chi connectivity index (χ2n) is 5.11. The highest BCUT2D eigenvalue weighted by Gasteiger charge is 2.06. The number of nitrogens with zero attached hydrogens (tertiary/aromatic N) is 4. The Hall–Kier alpha value is -3.42. The maximum atomic E-state index is 11.9. The first-order valence-corrected chi connectivity index (χ1v) is 7.60. The molecule has 128 valence electrons. The summed E-state index contributed by atoms with van der Waals surface area (Å²) in [7, 11) is 1.59. The first-order valence-electron chi connectivity index (χ1n) is 7.60. The van der Waals surface area contributed by atoms with Crippen LogP contribution >= 0.6 is 0 Å². The summed E-state index contributed by atoms with van der Waals surface area (Å²) in [6.45, 7) is 0.189. The van der Waals surface area contributed by atoms with E-state index in [1.54, 1.807) is 54.6 Å². The Bertz CT molecular complexity index is 818. The van der Waals surface area contributed by atoms with Crippen molar-refractivity contribution in [2.24, 2.45) is 0 Å². The molecule has 0 unspecified atom stereocenters. The Morgan fingerprint density at radius 3 is 2.72 bits per heavy atom. The monoisotopic (exact) mass is 339 g/mol. The molecule has 25 heavy (non-hydrogen) atoms. The molecular weight excluding hydrogens is 322 g/mol. The Balaban J connectivity index is 1.46. The van der Waals surface area contributed by atoms with Crippen molar-refractivity contribution >= 4 is 5.91 Å². The number of rotatable bonds is 7. The van der Waals surface area contributed by atoms with E-state index in [1.165, 1.54) is 0 Å². The highest BCUT2D eigenvalue weighted by Crippen LogP contribution is 2.16. The Morgan fingerprint density at radius 2 is 2.00 bits per heavy atom. The van der Waals surface area contributed by atoms with Crippen LogP contribution in [0.2, 0.25) is 0 Å². The summed E-state index contributed by atoms with van der Waals surface area (Å²) in [5, 5.41) is 10.8. The maximum absolute atomic E-state index is 11.9. The molecule has 2 aromatic heterocycles. The first kappa shape index (κ1) is 16.4. The van der Waals surface area contributed by atoms with Crippen molar-refractivity contribution < 1.29 is 14.3 Å². The number of benzene rings is 1. The van der Waals surface area contributed by atoms with Crippen molar-refractivity contribution in [2.75, 3.05) is 13.7 Å². The first-order chi connectivity index (χ1) is 12.2. The lowest BCUT2D eigenvalue weighted by atomic mass is 10.3. The van der Waals surface area contributed by atoms with Crippen LogP contribution in [0.25, 0.3) is 5.69 Å². The van der Waals surface area contributed by atoms with Gasteiger partial charge in [0.15, 0.2) is 6.61 Å². The average Bonchev–Trinajstić information content (AvgIpc) is 3.15. The van der Waals surface area contributed by atoms with Gasteiger partial charge in [-0.3, -0.25) is 9.78 Å². The molecule has 0 spiro atoms. The predicted octanol–water partition coefficient (Wildman–Crippen LogP) is 1.37. The van der Waals surface area contributed by atoms with Crippen molar-refractivity contribution in [1.29, 1.82) is 0 Å². The van der Waals surface area contributed by atoms with E-state index in [9.17, 15) is 4.79 Å². The lowest BCUT2D eigenvalue weighted by Crippen LogP contribution is -2.28. The number of nitrogens with one attached hydrogen (secondary N) is 1. The van der Waals surface area contributed by atoms with Crippen LogP contribution in [0.3, 0.4) is 0 Å². The van der Waals surface area contributed by atoms with Crippen LogP contribution in [-0.2, 0) is 11.3 Å². The van der Waals surface area contributed by atoms with Gasteiger partial charge in [0.1, 0.15) is 17.2 Å². The van der Waals surface area contributed by atoms with Gasteiger partial charge >= 0.3 is 0 Å². The van der Waals surface area contributed by atoms with Gasteiger partial charge < -0.3 is 14.8 Å². The molecule has 0 aliphatic rings. The number of aromatic nitrogens is 4. The van der Waals surface area contributed by atoms with Crippen LogP contribution < -0.4 is 14.8 Å². The van der Waals surface area contributed by atoms with Gasteiger partial charge in [0.05, 0.1) is 31.7 Å². The quantitative estimate of drug-likeness (QED) is 0.699. The second-order valence-corrected chi connectivity index (χ2v) is 5.11. The molecule has 0 radical (unpaired) electrons. The Morgan fingerprint density at radius 1 is 1.20 bits per heavy atom. The molecule has 0 atom stereocenters. The van der Waals surface area contributed by atoms with Crippen LogP contribution in [-0.4, -0.2) is 39.6 Å². The molecule has 0 fully saturated rings. The molecule has 0 bridgehead atoms. The summed E-state index contributed by atoms with van der Waals surface area (Å²) in [5.41, 5.74) is 1.44. The van der Waals surface area contributed by atoms with Crippen LogP contribution in [0.15, 0.2) is 55.0 Å². The summed E-state index contributed by atoms with van der Waals surface area (Å²) in [5.74, 6) is 1.08. The summed E-state index contributed by atoms with van der Waals surface area (Å²) < 4.78 is 12.1. The zero-order chi connectivity index (χ0) is 17.5. The number of carbonyl (C=O) groups is 1. The summed E-state index contributed by atoms with van der Waals surface area (Å²) in [4.78, 5) is 15.9. The lowest BCUT2D eigenvalue weighted by molar-refractivity contribution is -0.123. The molecule has 1 N–H and O–H groups in total. The van der Waals surface area contributed by atoms with Gasteiger partial charge in [-0.05, 0) is 36.4 Å². The van der Waals surface area contributed by atoms with Gasteiger partial charge in [-0.2, -0.15) is 0 Å². The molecule has 1 aromatic carbocycles. The summed E-state index contributed by atoms with van der Waals surface area (Å²) in [6, 6.07) is 10.7. The van der Waals surface area contributed by atoms with Gasteiger partial charge in [-0.25, -0.2) is 4.68 Å². The van der Waals surface area contributed by atoms with Gasteiger partial charge in [-0.15, -0.1) is 5.10 Å². The molecule has 8 heteroatoms. The molecule has 0 saturated carbocycles. The fourth-order valence-corrected chi connectivity index (χ4v) is 2.06. The van der Waals surface area contributed by atoms with Gasteiger partial charge in [0.2, 0.25) is 0 Å². The zero-order valence-electron chi connectivity index (χ0n) is 13.6. The predicted molar refractivity (Wildman–Crippen MR) is 89.5 cm³/mol. The van der Waals surface area contributed by atoms with Gasteiger partial charge in [0, 0.05) is 6.20 Å². The zero-order valence-corrected chi connectivity index (χ0v) is 13.6. The van der Waals surface area contributed by atoms with Crippen LogP contribution in [0.5, 0.6) is 11.5 Å². The number of methoxy groups -OCH3 is 1. The molecule has 0 saturated heterocycles. The summed E-state index contributed by atoms with van der Waals surface area (Å²) in [6.07, 6.45) is 5.10. The van der Waals surface area contributed by atoms with E-state index >= 15 is 0 Å². The lowest BCUT2D eigenvalue weighted by Gasteiger charge is -2.07. The standard InChI is InChI=1S/C17H17N5O3/c1-24-15-4-6-16(7-5-15)25-12-17(23)19-9-13-11-22(21-20-13)14-3-2-8-18-10-14/h2-8,10-11H,9,12H2,1H3,(H,19,23). The smallest absolute Gasteiger partial charge is 0.258 e. The third-order valence-electron chi connectivity index (χ3n) is 3.35.